The number of hydrogen-bond donors (Lipinski definition) is 0. The number of carbonyl (C=O) groups is 1. The molecule has 8 nitrogen and oxygen atoms in total. The number of anilines is 1. The van der Waals surface area contributed by atoms with Crippen molar-refractivity contribution in [1.29, 1.82) is 0 Å². The molecule has 0 bridgehead atoms. The summed E-state index contributed by atoms with van der Waals surface area (Å²) in [6.45, 7) is 7.86. The van der Waals surface area contributed by atoms with Gasteiger partial charge in [-0.05, 0) is 39.0 Å². The molecule has 0 spiro atoms. The Balaban J connectivity index is 1.50. The van der Waals surface area contributed by atoms with Crippen molar-refractivity contribution in [2.24, 2.45) is 0 Å². The molecule has 4 rings (SSSR count). The number of carbonyl (C=O) groups excluding carboxylic acids is 1. The number of amides is 1. The number of likely N-dealkylation sites (tertiary alicyclic amines) is 1. The molecule has 1 fully saturated rings. The van der Waals surface area contributed by atoms with Crippen molar-refractivity contribution in [2.45, 2.75) is 77.7 Å². The van der Waals surface area contributed by atoms with E-state index in [9.17, 15) is 4.79 Å². The average Bonchev–Trinajstić information content (AvgIpc) is 3.22. The van der Waals surface area contributed by atoms with Gasteiger partial charge < -0.3 is 14.2 Å². The lowest BCUT2D eigenvalue weighted by atomic mass is 9.99. The van der Waals surface area contributed by atoms with E-state index in [2.05, 4.69) is 29.1 Å². The number of rotatable bonds is 5. The van der Waals surface area contributed by atoms with E-state index in [4.69, 9.17) is 14.4 Å². The van der Waals surface area contributed by atoms with Crippen LogP contribution < -0.4 is 4.90 Å². The van der Waals surface area contributed by atoms with Gasteiger partial charge in [-0.2, -0.15) is 0 Å². The van der Waals surface area contributed by atoms with E-state index in [0.717, 1.165) is 62.5 Å². The van der Waals surface area contributed by atoms with Crippen molar-refractivity contribution in [3.05, 3.63) is 28.9 Å². The Bertz CT molecular complexity index is 909. The SMILES string of the molecule is Cc1nc(C2CCCCN2C(=O)CCc2nnc(C(C)C)o2)nc2c1CCCN2C. The number of fused-ring (bicyclic) bond motifs is 1. The molecule has 4 heterocycles. The van der Waals surface area contributed by atoms with Crippen molar-refractivity contribution >= 4 is 11.7 Å². The van der Waals surface area contributed by atoms with Gasteiger partial charge in [0.25, 0.3) is 0 Å². The van der Waals surface area contributed by atoms with Crippen molar-refractivity contribution < 1.29 is 9.21 Å². The second-order valence-corrected chi connectivity index (χ2v) is 8.78. The highest BCUT2D eigenvalue weighted by atomic mass is 16.4. The average molecular weight is 413 g/mol. The van der Waals surface area contributed by atoms with Crippen LogP contribution in [0.15, 0.2) is 4.42 Å². The van der Waals surface area contributed by atoms with Crippen LogP contribution >= 0.6 is 0 Å². The molecule has 2 aromatic rings. The van der Waals surface area contributed by atoms with Gasteiger partial charge in [0.15, 0.2) is 5.82 Å². The quantitative estimate of drug-likeness (QED) is 0.744. The Morgan fingerprint density at radius 3 is 2.77 bits per heavy atom. The summed E-state index contributed by atoms with van der Waals surface area (Å²) in [5.74, 6) is 3.27. The van der Waals surface area contributed by atoms with Gasteiger partial charge >= 0.3 is 0 Å². The largest absolute Gasteiger partial charge is 0.425 e. The van der Waals surface area contributed by atoms with Gasteiger partial charge in [-0.25, -0.2) is 9.97 Å². The molecule has 1 atom stereocenters. The zero-order valence-electron chi connectivity index (χ0n) is 18.5. The standard InChI is InChI=1S/C22H32N6O2/c1-14(2)22-26-25-18(30-22)10-11-19(29)28-13-6-5-9-17(28)20-23-15(3)16-8-7-12-27(4)21(16)24-20/h14,17H,5-13H2,1-4H3. The van der Waals surface area contributed by atoms with Gasteiger partial charge in [-0.1, -0.05) is 13.8 Å². The normalized spacial score (nSPS) is 19.3. The summed E-state index contributed by atoms with van der Waals surface area (Å²) in [5, 5.41) is 8.14. The highest BCUT2D eigenvalue weighted by Crippen LogP contribution is 2.33. The van der Waals surface area contributed by atoms with Gasteiger partial charge in [0, 0.05) is 50.2 Å². The molecule has 0 N–H and O–H groups in total. The molecule has 0 radical (unpaired) electrons. The Kier molecular flexibility index (Phi) is 6.01. The first-order valence-electron chi connectivity index (χ1n) is 11.1. The van der Waals surface area contributed by atoms with Gasteiger partial charge in [0.2, 0.25) is 17.7 Å². The minimum Gasteiger partial charge on any atom is -0.425 e. The number of piperidine rings is 1. The Hall–Kier alpha value is -2.51. The summed E-state index contributed by atoms with van der Waals surface area (Å²) < 4.78 is 5.66. The fourth-order valence-electron chi connectivity index (χ4n) is 4.42. The van der Waals surface area contributed by atoms with E-state index in [-0.39, 0.29) is 17.9 Å². The van der Waals surface area contributed by atoms with Crippen LogP contribution in [0.2, 0.25) is 0 Å². The molecule has 1 amide bonds. The van der Waals surface area contributed by atoms with E-state index in [1.165, 1.54) is 5.56 Å². The van der Waals surface area contributed by atoms with E-state index < -0.39 is 0 Å². The van der Waals surface area contributed by atoms with Crippen molar-refractivity contribution in [1.82, 2.24) is 25.1 Å². The number of aryl methyl sites for hydroxylation is 2. The summed E-state index contributed by atoms with van der Waals surface area (Å²) in [4.78, 5) is 27.1. The van der Waals surface area contributed by atoms with Crippen LogP contribution in [-0.4, -0.2) is 51.1 Å². The first-order chi connectivity index (χ1) is 14.4. The maximum Gasteiger partial charge on any atom is 0.223 e. The van der Waals surface area contributed by atoms with Crippen molar-refractivity contribution in [3.63, 3.8) is 0 Å². The van der Waals surface area contributed by atoms with Gasteiger partial charge in [0.1, 0.15) is 5.82 Å². The molecular formula is C22H32N6O2. The second-order valence-electron chi connectivity index (χ2n) is 8.78. The molecule has 2 aliphatic rings. The third kappa shape index (κ3) is 4.18. The fraction of sp³-hybridized carbons (Fsp3) is 0.682. The summed E-state index contributed by atoms with van der Waals surface area (Å²) in [6, 6.07) is -0.0560. The number of hydrogen-bond acceptors (Lipinski definition) is 7. The molecule has 0 aliphatic carbocycles. The Morgan fingerprint density at radius 1 is 1.17 bits per heavy atom. The molecule has 1 unspecified atom stereocenters. The van der Waals surface area contributed by atoms with Crippen molar-refractivity contribution in [3.8, 4) is 0 Å². The third-order valence-corrected chi connectivity index (χ3v) is 6.14. The predicted octanol–water partition coefficient (Wildman–Crippen LogP) is 3.36. The lowest BCUT2D eigenvalue weighted by Gasteiger charge is -2.36. The van der Waals surface area contributed by atoms with Crippen LogP contribution in [0.1, 0.15) is 86.8 Å². The predicted molar refractivity (Wildman–Crippen MR) is 113 cm³/mol. The first-order valence-corrected chi connectivity index (χ1v) is 11.1. The van der Waals surface area contributed by atoms with Crippen LogP contribution in [0.5, 0.6) is 0 Å². The van der Waals surface area contributed by atoms with E-state index >= 15 is 0 Å². The molecular weight excluding hydrogens is 380 g/mol. The summed E-state index contributed by atoms with van der Waals surface area (Å²) in [7, 11) is 2.09. The molecule has 0 saturated carbocycles. The van der Waals surface area contributed by atoms with Gasteiger partial charge in [0.05, 0.1) is 6.04 Å². The topological polar surface area (TPSA) is 88.2 Å². The summed E-state index contributed by atoms with van der Waals surface area (Å²) >= 11 is 0. The van der Waals surface area contributed by atoms with Crippen LogP contribution in [-0.2, 0) is 17.6 Å². The number of nitrogens with zero attached hydrogens (tertiary/aromatic N) is 6. The number of aromatic nitrogens is 4. The van der Waals surface area contributed by atoms with Gasteiger partial charge in [-0.15, -0.1) is 10.2 Å². The highest BCUT2D eigenvalue weighted by Gasteiger charge is 2.32. The molecule has 8 heteroatoms. The maximum absolute atomic E-state index is 13.1. The molecule has 1 saturated heterocycles. The summed E-state index contributed by atoms with van der Waals surface area (Å²) in [5.41, 5.74) is 2.30. The molecule has 2 aliphatic heterocycles. The van der Waals surface area contributed by atoms with E-state index in [0.29, 0.717) is 24.6 Å². The van der Waals surface area contributed by atoms with Crippen LogP contribution in [0, 0.1) is 6.92 Å². The monoisotopic (exact) mass is 412 g/mol. The first kappa shape index (κ1) is 20.8. The van der Waals surface area contributed by atoms with Crippen LogP contribution in [0.25, 0.3) is 0 Å². The molecule has 2 aromatic heterocycles. The molecule has 30 heavy (non-hydrogen) atoms. The minimum atomic E-state index is -0.0560. The smallest absolute Gasteiger partial charge is 0.223 e. The zero-order valence-corrected chi connectivity index (χ0v) is 18.5. The second kappa shape index (κ2) is 8.70. The molecule has 162 valence electrons. The lowest BCUT2D eigenvalue weighted by molar-refractivity contribution is -0.135. The fourth-order valence-corrected chi connectivity index (χ4v) is 4.42. The zero-order chi connectivity index (χ0) is 21.3. The highest BCUT2D eigenvalue weighted by molar-refractivity contribution is 5.77. The summed E-state index contributed by atoms with van der Waals surface area (Å²) in [6.07, 6.45) is 6.01. The minimum absolute atomic E-state index is 0.0560. The van der Waals surface area contributed by atoms with Crippen LogP contribution in [0.3, 0.4) is 0 Å². The van der Waals surface area contributed by atoms with Crippen molar-refractivity contribution in [2.75, 3.05) is 25.0 Å². The lowest BCUT2D eigenvalue weighted by Crippen LogP contribution is -2.40. The Labute approximate surface area is 178 Å². The maximum atomic E-state index is 13.1. The van der Waals surface area contributed by atoms with Gasteiger partial charge in [-0.3, -0.25) is 4.79 Å². The molecule has 0 aromatic carbocycles. The van der Waals surface area contributed by atoms with Crippen LogP contribution in [0.4, 0.5) is 5.82 Å². The Morgan fingerprint density at radius 2 is 2.00 bits per heavy atom. The van der Waals surface area contributed by atoms with E-state index in [1.54, 1.807) is 0 Å². The third-order valence-electron chi connectivity index (χ3n) is 6.14. The van der Waals surface area contributed by atoms with E-state index in [1.807, 2.05) is 18.7 Å².